The molecule has 1 saturated heterocycles. The number of aliphatic hydroxyl groups excluding tert-OH is 1. The number of benzene rings is 2. The van der Waals surface area contributed by atoms with Gasteiger partial charge in [-0.25, -0.2) is 0 Å². The van der Waals surface area contributed by atoms with E-state index in [1.165, 1.54) is 0 Å². The van der Waals surface area contributed by atoms with Crippen LogP contribution in [0.2, 0.25) is 0 Å². The van der Waals surface area contributed by atoms with Gasteiger partial charge in [-0.15, -0.1) is 0 Å². The third-order valence-corrected chi connectivity index (χ3v) is 5.63. The summed E-state index contributed by atoms with van der Waals surface area (Å²) in [6.07, 6.45) is 3.63. The van der Waals surface area contributed by atoms with Crippen LogP contribution in [-0.4, -0.2) is 41.5 Å². The molecule has 1 fully saturated rings. The second-order valence-corrected chi connectivity index (χ2v) is 8.08. The Bertz CT molecular complexity index is 996. The molecule has 0 bridgehead atoms. The minimum atomic E-state index is -0.668. The number of amides is 1. The topological polar surface area (TPSA) is 76.1 Å². The van der Waals surface area contributed by atoms with Crippen molar-refractivity contribution >= 4 is 17.4 Å². The maximum atomic E-state index is 13.1. The van der Waals surface area contributed by atoms with Crippen LogP contribution in [0.15, 0.2) is 54.1 Å². The van der Waals surface area contributed by atoms with Crippen molar-refractivity contribution in [2.75, 3.05) is 19.8 Å². The Kier molecular flexibility index (Phi) is 8.52. The summed E-state index contributed by atoms with van der Waals surface area (Å²) in [5.74, 6) is -0.0781. The Balaban J connectivity index is 2.05. The maximum absolute atomic E-state index is 13.1. The van der Waals surface area contributed by atoms with E-state index in [-0.39, 0.29) is 11.3 Å². The molecule has 33 heavy (non-hydrogen) atoms. The number of hydrogen-bond acceptors (Lipinski definition) is 5. The molecule has 1 unspecified atom stereocenters. The summed E-state index contributed by atoms with van der Waals surface area (Å²) < 4.78 is 11.2. The van der Waals surface area contributed by atoms with E-state index in [4.69, 9.17) is 9.47 Å². The monoisotopic (exact) mass is 451 g/mol. The minimum absolute atomic E-state index is 0.104. The molecule has 1 aliphatic heterocycles. The fraction of sp³-hybridized carbons (Fsp3) is 0.407. The lowest BCUT2D eigenvalue weighted by Gasteiger charge is -2.25. The van der Waals surface area contributed by atoms with Gasteiger partial charge >= 0.3 is 0 Å². The summed E-state index contributed by atoms with van der Waals surface area (Å²) >= 11 is 0. The van der Waals surface area contributed by atoms with Gasteiger partial charge in [0.25, 0.3) is 11.7 Å². The smallest absolute Gasteiger partial charge is 0.295 e. The van der Waals surface area contributed by atoms with Crippen LogP contribution in [0.4, 0.5) is 0 Å². The fourth-order valence-electron chi connectivity index (χ4n) is 4.01. The lowest BCUT2D eigenvalue weighted by Crippen LogP contribution is -2.30. The third-order valence-electron chi connectivity index (χ3n) is 5.63. The van der Waals surface area contributed by atoms with Gasteiger partial charge in [-0.3, -0.25) is 9.59 Å². The summed E-state index contributed by atoms with van der Waals surface area (Å²) in [6, 6.07) is 13.6. The second-order valence-electron chi connectivity index (χ2n) is 8.08. The zero-order valence-corrected chi connectivity index (χ0v) is 19.7. The number of carbonyl (C=O) groups excluding carboxylic acids is 2. The lowest BCUT2D eigenvalue weighted by molar-refractivity contribution is -0.139. The van der Waals surface area contributed by atoms with Crippen LogP contribution in [-0.2, 0) is 9.59 Å². The minimum Gasteiger partial charge on any atom is -0.507 e. The van der Waals surface area contributed by atoms with E-state index >= 15 is 0 Å². The first-order chi connectivity index (χ1) is 16.0. The van der Waals surface area contributed by atoms with Crippen LogP contribution in [0.5, 0.6) is 11.5 Å². The van der Waals surface area contributed by atoms with Gasteiger partial charge in [0, 0.05) is 12.1 Å². The molecule has 1 atom stereocenters. The van der Waals surface area contributed by atoms with Gasteiger partial charge in [0.1, 0.15) is 17.3 Å². The summed E-state index contributed by atoms with van der Waals surface area (Å²) in [4.78, 5) is 27.7. The molecule has 0 spiro atoms. The number of hydrogen-bond donors (Lipinski definition) is 1. The normalized spacial score (nSPS) is 17.4. The quantitative estimate of drug-likeness (QED) is 0.212. The van der Waals surface area contributed by atoms with Crippen molar-refractivity contribution in [1.82, 2.24) is 4.90 Å². The summed E-state index contributed by atoms with van der Waals surface area (Å²) in [6.45, 7) is 7.57. The van der Waals surface area contributed by atoms with Crippen molar-refractivity contribution in [1.29, 1.82) is 0 Å². The molecular formula is C27H33NO5. The maximum Gasteiger partial charge on any atom is 0.295 e. The fourth-order valence-corrected chi connectivity index (χ4v) is 4.01. The molecule has 0 saturated carbocycles. The van der Waals surface area contributed by atoms with E-state index < -0.39 is 17.7 Å². The third kappa shape index (κ3) is 5.56. The number of unbranched alkanes of at least 4 members (excludes halogenated alkanes) is 2. The zero-order chi connectivity index (χ0) is 23.8. The number of aliphatic hydroxyl groups is 1. The van der Waals surface area contributed by atoms with Crippen LogP contribution in [0.25, 0.3) is 5.76 Å². The number of Topliss-reactive ketones (excluding diaryl/α,β-unsaturated/α-hetero) is 1. The Morgan fingerprint density at radius 3 is 2.36 bits per heavy atom. The highest BCUT2D eigenvalue weighted by molar-refractivity contribution is 6.46. The Morgan fingerprint density at radius 2 is 1.70 bits per heavy atom. The summed E-state index contributed by atoms with van der Waals surface area (Å²) in [5.41, 5.74) is 1.31. The zero-order valence-electron chi connectivity index (χ0n) is 19.7. The number of carbonyl (C=O) groups is 2. The first kappa shape index (κ1) is 24.4. The predicted molar refractivity (Wildman–Crippen MR) is 128 cm³/mol. The standard InChI is InChI=1S/C27H33NO5/c1-4-7-8-16-28-24(20-10-9-11-22(18-20)32-6-3)23(26(30)27(28)31)25(29)19-12-14-21(15-13-19)33-17-5-2/h9-15,18,24,29H,4-8,16-17H2,1-3H3/b25-23-. The van der Waals surface area contributed by atoms with E-state index in [9.17, 15) is 14.7 Å². The average Bonchev–Trinajstić information content (AvgIpc) is 3.08. The Hall–Kier alpha value is -3.28. The molecule has 6 heteroatoms. The van der Waals surface area contributed by atoms with Crippen LogP contribution < -0.4 is 9.47 Å². The predicted octanol–water partition coefficient (Wildman–Crippen LogP) is 5.49. The highest BCUT2D eigenvalue weighted by Gasteiger charge is 2.45. The number of nitrogens with zero attached hydrogens (tertiary/aromatic N) is 1. The highest BCUT2D eigenvalue weighted by atomic mass is 16.5. The van der Waals surface area contributed by atoms with Crippen molar-refractivity contribution in [3.05, 3.63) is 65.2 Å². The SMILES string of the molecule is CCCCCN1C(=O)C(=O)/C(=C(\O)c2ccc(OCCC)cc2)C1c1cccc(OCC)c1. The lowest BCUT2D eigenvalue weighted by atomic mass is 9.95. The van der Waals surface area contributed by atoms with Crippen molar-refractivity contribution in [3.63, 3.8) is 0 Å². The van der Waals surface area contributed by atoms with Crippen molar-refractivity contribution in [2.45, 2.75) is 52.5 Å². The number of likely N-dealkylation sites (tertiary alicyclic amines) is 1. The van der Waals surface area contributed by atoms with Crippen molar-refractivity contribution in [3.8, 4) is 11.5 Å². The van der Waals surface area contributed by atoms with Gasteiger partial charge in [-0.2, -0.15) is 0 Å². The molecule has 0 aliphatic carbocycles. The molecule has 176 valence electrons. The van der Waals surface area contributed by atoms with Crippen molar-refractivity contribution in [2.24, 2.45) is 0 Å². The van der Waals surface area contributed by atoms with E-state index in [0.717, 1.165) is 31.2 Å². The Labute approximate surface area is 195 Å². The molecule has 3 rings (SSSR count). The first-order valence-corrected chi connectivity index (χ1v) is 11.8. The number of ether oxygens (including phenoxy) is 2. The summed E-state index contributed by atoms with van der Waals surface area (Å²) in [7, 11) is 0. The molecule has 1 amide bonds. The van der Waals surface area contributed by atoms with Gasteiger partial charge in [0.2, 0.25) is 0 Å². The number of rotatable bonds is 11. The van der Waals surface area contributed by atoms with E-state index in [0.29, 0.717) is 36.8 Å². The molecule has 0 radical (unpaired) electrons. The molecule has 1 N–H and O–H groups in total. The molecule has 0 aromatic heterocycles. The molecule has 6 nitrogen and oxygen atoms in total. The van der Waals surface area contributed by atoms with Gasteiger partial charge in [-0.05, 0) is 61.7 Å². The molecular weight excluding hydrogens is 418 g/mol. The van der Waals surface area contributed by atoms with E-state index in [1.54, 1.807) is 29.2 Å². The second kappa shape index (κ2) is 11.5. The van der Waals surface area contributed by atoms with Crippen LogP contribution in [0.3, 0.4) is 0 Å². The number of ketones is 1. The molecule has 2 aromatic carbocycles. The van der Waals surface area contributed by atoms with Gasteiger partial charge in [0.05, 0.1) is 24.8 Å². The summed E-state index contributed by atoms with van der Waals surface area (Å²) in [5, 5.41) is 11.2. The van der Waals surface area contributed by atoms with Crippen LogP contribution >= 0.6 is 0 Å². The van der Waals surface area contributed by atoms with Gasteiger partial charge in [-0.1, -0.05) is 38.8 Å². The average molecular weight is 452 g/mol. The largest absolute Gasteiger partial charge is 0.507 e. The highest BCUT2D eigenvalue weighted by Crippen LogP contribution is 2.40. The van der Waals surface area contributed by atoms with Gasteiger partial charge in [0.15, 0.2) is 0 Å². The first-order valence-electron chi connectivity index (χ1n) is 11.8. The Morgan fingerprint density at radius 1 is 0.939 bits per heavy atom. The van der Waals surface area contributed by atoms with E-state index in [1.807, 2.05) is 38.1 Å². The molecule has 2 aromatic rings. The van der Waals surface area contributed by atoms with Crippen LogP contribution in [0.1, 0.15) is 63.6 Å². The van der Waals surface area contributed by atoms with Crippen molar-refractivity contribution < 1.29 is 24.2 Å². The van der Waals surface area contributed by atoms with Crippen LogP contribution in [0, 0.1) is 0 Å². The molecule has 1 aliphatic rings. The molecule has 1 heterocycles. The van der Waals surface area contributed by atoms with E-state index in [2.05, 4.69) is 6.92 Å². The van der Waals surface area contributed by atoms with Gasteiger partial charge < -0.3 is 19.5 Å².